The summed E-state index contributed by atoms with van der Waals surface area (Å²) in [6.07, 6.45) is 7.93. The largest absolute Gasteiger partial charge is 0.478 e. The summed E-state index contributed by atoms with van der Waals surface area (Å²) in [6, 6.07) is 0. The standard InChI is InChI=1S/2C6H6O4/c2*7-5(8)3-1-2-4-6(9)10/h2*1-4H,(H,7,8)(H,9,10)/b3-1+,4-2+;. The fourth-order valence-electron chi connectivity index (χ4n) is 0.551. The molecule has 8 heteroatoms. The molecule has 4 N–H and O–H groups in total. The molecule has 0 aliphatic rings. The Morgan fingerprint density at radius 3 is 0.700 bits per heavy atom. The molecule has 108 valence electrons. The average Bonchev–Trinajstić information content (AvgIpc) is 2.30. The van der Waals surface area contributed by atoms with E-state index in [2.05, 4.69) is 0 Å². The number of rotatable bonds is 6. The number of carboxylic acids is 4. The first-order chi connectivity index (χ1) is 9.25. The Morgan fingerprint density at radius 1 is 0.450 bits per heavy atom. The minimum Gasteiger partial charge on any atom is -0.478 e. The van der Waals surface area contributed by atoms with Crippen LogP contribution in [0.25, 0.3) is 0 Å². The van der Waals surface area contributed by atoms with E-state index in [9.17, 15) is 19.2 Å². The van der Waals surface area contributed by atoms with Gasteiger partial charge in [-0.2, -0.15) is 0 Å². The van der Waals surface area contributed by atoms with Crippen molar-refractivity contribution in [1.29, 1.82) is 0 Å². The van der Waals surface area contributed by atoms with Crippen molar-refractivity contribution in [2.75, 3.05) is 0 Å². The lowest BCUT2D eigenvalue weighted by Crippen LogP contribution is -1.86. The molecule has 0 atom stereocenters. The number of carbonyl (C=O) groups is 4. The number of hydrogen-bond acceptors (Lipinski definition) is 4. The number of allylic oxidation sites excluding steroid dienone is 4. The van der Waals surface area contributed by atoms with Crippen LogP contribution in [0.15, 0.2) is 48.6 Å². The molecular formula is C12H12O8. The fraction of sp³-hybridized carbons (Fsp3) is 0. The summed E-state index contributed by atoms with van der Waals surface area (Å²) in [5.41, 5.74) is 0. The molecule has 0 rings (SSSR count). The second-order valence-electron chi connectivity index (χ2n) is 2.79. The maximum atomic E-state index is 9.78. The van der Waals surface area contributed by atoms with E-state index in [1.54, 1.807) is 0 Å². The molecule has 0 bridgehead atoms. The monoisotopic (exact) mass is 284 g/mol. The normalized spacial score (nSPS) is 10.8. The van der Waals surface area contributed by atoms with Gasteiger partial charge in [-0.3, -0.25) is 0 Å². The third-order valence-corrected chi connectivity index (χ3v) is 1.18. The van der Waals surface area contributed by atoms with E-state index in [1.165, 1.54) is 0 Å². The van der Waals surface area contributed by atoms with Crippen molar-refractivity contribution >= 4 is 23.9 Å². The van der Waals surface area contributed by atoms with E-state index in [0.717, 1.165) is 48.6 Å². The van der Waals surface area contributed by atoms with Crippen molar-refractivity contribution in [2.45, 2.75) is 0 Å². The van der Waals surface area contributed by atoms with Gasteiger partial charge in [-0.1, -0.05) is 24.3 Å². The molecule has 20 heavy (non-hydrogen) atoms. The highest BCUT2D eigenvalue weighted by Crippen LogP contribution is 1.77. The van der Waals surface area contributed by atoms with Crippen LogP contribution in [0, 0.1) is 0 Å². The van der Waals surface area contributed by atoms with E-state index in [1.807, 2.05) is 0 Å². The summed E-state index contributed by atoms with van der Waals surface area (Å²) in [4.78, 5) is 39.1. The van der Waals surface area contributed by atoms with Crippen molar-refractivity contribution in [3.8, 4) is 0 Å². The van der Waals surface area contributed by atoms with Gasteiger partial charge in [0.2, 0.25) is 0 Å². The Morgan fingerprint density at radius 2 is 0.600 bits per heavy atom. The first-order valence-electron chi connectivity index (χ1n) is 4.87. The molecule has 0 heterocycles. The predicted molar refractivity (Wildman–Crippen MR) is 67.1 cm³/mol. The van der Waals surface area contributed by atoms with Crippen molar-refractivity contribution in [2.24, 2.45) is 0 Å². The van der Waals surface area contributed by atoms with Gasteiger partial charge in [0.15, 0.2) is 0 Å². The number of carboxylic acid groups (broad SMARTS) is 4. The van der Waals surface area contributed by atoms with Gasteiger partial charge >= 0.3 is 23.9 Å². The van der Waals surface area contributed by atoms with Gasteiger partial charge in [-0.25, -0.2) is 19.2 Å². The molecule has 0 fully saturated rings. The first kappa shape index (κ1) is 19.2. The van der Waals surface area contributed by atoms with Gasteiger partial charge in [0.05, 0.1) is 0 Å². The second-order valence-corrected chi connectivity index (χ2v) is 2.79. The lowest BCUT2D eigenvalue weighted by atomic mass is 10.4. The van der Waals surface area contributed by atoms with Gasteiger partial charge in [-0.15, -0.1) is 0 Å². The molecule has 8 nitrogen and oxygen atoms in total. The third kappa shape index (κ3) is 24.2. The molecule has 0 aromatic rings. The molecule has 0 radical (unpaired) electrons. The Hall–Kier alpha value is -3.16. The zero-order valence-electron chi connectivity index (χ0n) is 10.0. The summed E-state index contributed by atoms with van der Waals surface area (Å²) in [6.45, 7) is 0. The van der Waals surface area contributed by atoms with Crippen molar-refractivity contribution in [3.05, 3.63) is 48.6 Å². The second kappa shape index (κ2) is 12.3. The number of hydrogen-bond donors (Lipinski definition) is 4. The Balaban J connectivity index is 0. The van der Waals surface area contributed by atoms with Crippen LogP contribution in [-0.2, 0) is 19.2 Å². The maximum absolute atomic E-state index is 9.78. The summed E-state index contributed by atoms with van der Waals surface area (Å²) < 4.78 is 0. The van der Waals surface area contributed by atoms with Crippen LogP contribution in [0.5, 0.6) is 0 Å². The van der Waals surface area contributed by atoms with Crippen LogP contribution in [-0.4, -0.2) is 44.3 Å². The molecule has 0 aliphatic heterocycles. The van der Waals surface area contributed by atoms with Crippen LogP contribution in [0.4, 0.5) is 0 Å². The van der Waals surface area contributed by atoms with E-state index < -0.39 is 23.9 Å². The molecule has 0 spiro atoms. The topological polar surface area (TPSA) is 149 Å². The van der Waals surface area contributed by atoms with Crippen molar-refractivity contribution in [1.82, 2.24) is 0 Å². The lowest BCUT2D eigenvalue weighted by Gasteiger charge is -1.75. The van der Waals surface area contributed by atoms with Crippen LogP contribution in [0.2, 0.25) is 0 Å². The Kier molecular flexibility index (Phi) is 11.8. The van der Waals surface area contributed by atoms with Gasteiger partial charge in [0, 0.05) is 24.3 Å². The van der Waals surface area contributed by atoms with Crippen LogP contribution >= 0.6 is 0 Å². The lowest BCUT2D eigenvalue weighted by molar-refractivity contribution is -0.132. The molecule has 0 saturated heterocycles. The first-order valence-corrected chi connectivity index (χ1v) is 4.87. The zero-order chi connectivity index (χ0) is 16.0. The molecule has 0 amide bonds. The molecule has 0 aliphatic carbocycles. The van der Waals surface area contributed by atoms with E-state index in [4.69, 9.17) is 20.4 Å². The Labute approximate surface area is 113 Å². The van der Waals surface area contributed by atoms with Crippen LogP contribution in [0.3, 0.4) is 0 Å². The highest BCUT2D eigenvalue weighted by Gasteiger charge is 1.84. The molecule has 0 saturated carbocycles. The smallest absolute Gasteiger partial charge is 0.328 e. The summed E-state index contributed by atoms with van der Waals surface area (Å²) in [7, 11) is 0. The summed E-state index contributed by atoms with van der Waals surface area (Å²) in [5.74, 6) is -4.41. The van der Waals surface area contributed by atoms with Gasteiger partial charge in [0.1, 0.15) is 0 Å². The maximum Gasteiger partial charge on any atom is 0.328 e. The zero-order valence-corrected chi connectivity index (χ0v) is 10.0. The molecule has 0 aromatic carbocycles. The Bertz CT molecular complexity index is 380. The molecule has 0 aromatic heterocycles. The SMILES string of the molecule is O=C(O)/C=C/C=C/C(=O)O.O=C(O)C=CC=CC(=O)O. The molecule has 0 unspecified atom stereocenters. The average molecular weight is 284 g/mol. The van der Waals surface area contributed by atoms with Crippen LogP contribution < -0.4 is 0 Å². The van der Waals surface area contributed by atoms with Crippen molar-refractivity contribution < 1.29 is 39.6 Å². The van der Waals surface area contributed by atoms with Crippen LogP contribution in [0.1, 0.15) is 0 Å². The quantitative estimate of drug-likeness (QED) is 0.407. The highest BCUT2D eigenvalue weighted by molar-refractivity contribution is 5.83. The van der Waals surface area contributed by atoms with Gasteiger partial charge in [0.25, 0.3) is 0 Å². The highest BCUT2D eigenvalue weighted by atomic mass is 16.4. The minimum atomic E-state index is -1.10. The number of aliphatic carboxylic acids is 4. The van der Waals surface area contributed by atoms with E-state index >= 15 is 0 Å². The fourth-order valence-corrected chi connectivity index (χ4v) is 0.551. The summed E-state index contributed by atoms with van der Waals surface area (Å²) in [5, 5.41) is 32.0. The van der Waals surface area contributed by atoms with E-state index in [-0.39, 0.29) is 0 Å². The predicted octanol–water partition coefficient (Wildman–Crippen LogP) is 0.536. The van der Waals surface area contributed by atoms with Gasteiger partial charge in [-0.05, 0) is 0 Å². The summed E-state index contributed by atoms with van der Waals surface area (Å²) >= 11 is 0. The van der Waals surface area contributed by atoms with Gasteiger partial charge < -0.3 is 20.4 Å². The van der Waals surface area contributed by atoms with E-state index in [0.29, 0.717) is 0 Å². The molecular weight excluding hydrogens is 272 g/mol. The van der Waals surface area contributed by atoms with Crippen molar-refractivity contribution in [3.63, 3.8) is 0 Å². The third-order valence-electron chi connectivity index (χ3n) is 1.18. The minimum absolute atomic E-state index is 0.847.